The number of guanidine groups is 1. The van der Waals surface area contributed by atoms with Crippen molar-refractivity contribution in [1.29, 1.82) is 0 Å². The maximum atomic E-state index is 11.9. The highest BCUT2D eigenvalue weighted by Crippen LogP contribution is 2.07. The molecule has 1 aliphatic heterocycles. The Bertz CT molecular complexity index is 522. The molecule has 3 N–H and O–H groups in total. The number of ether oxygens (including phenoxy) is 1. The number of unbranched alkanes of at least 4 members (excludes halogenated alkanes) is 1. The highest BCUT2D eigenvalue weighted by Gasteiger charge is 2.12. The zero-order valence-electron chi connectivity index (χ0n) is 13.8. The molecule has 0 unspecified atom stereocenters. The Labute approximate surface area is 137 Å². The molecule has 1 amide bonds. The van der Waals surface area contributed by atoms with E-state index in [1.807, 2.05) is 29.2 Å². The van der Waals surface area contributed by atoms with Crippen molar-refractivity contribution in [3.63, 3.8) is 0 Å². The van der Waals surface area contributed by atoms with Crippen LogP contribution in [0.4, 0.5) is 0 Å². The van der Waals surface area contributed by atoms with E-state index in [2.05, 4.69) is 17.2 Å². The maximum absolute atomic E-state index is 11.9. The Morgan fingerprint density at radius 1 is 1.30 bits per heavy atom. The van der Waals surface area contributed by atoms with Crippen LogP contribution in [-0.4, -0.2) is 49.6 Å². The smallest absolute Gasteiger partial charge is 0.251 e. The normalized spacial score (nSPS) is 15.5. The van der Waals surface area contributed by atoms with Gasteiger partial charge in [-0.05, 0) is 24.1 Å². The van der Waals surface area contributed by atoms with Gasteiger partial charge >= 0.3 is 0 Å². The first-order chi connectivity index (χ1) is 11.2. The molecule has 1 fully saturated rings. The third-order valence-corrected chi connectivity index (χ3v) is 3.79. The molecule has 0 radical (unpaired) electrons. The van der Waals surface area contributed by atoms with E-state index in [0.29, 0.717) is 31.3 Å². The van der Waals surface area contributed by atoms with E-state index in [1.165, 1.54) is 0 Å². The molecule has 0 bridgehead atoms. The predicted octanol–water partition coefficient (Wildman–Crippen LogP) is 1.36. The molecule has 0 aliphatic carbocycles. The number of nitrogens with two attached hydrogens (primary N) is 1. The Morgan fingerprint density at radius 3 is 2.65 bits per heavy atom. The van der Waals surface area contributed by atoms with Gasteiger partial charge in [0.2, 0.25) is 0 Å². The zero-order chi connectivity index (χ0) is 16.5. The minimum absolute atomic E-state index is 0.0265. The van der Waals surface area contributed by atoms with Crippen molar-refractivity contribution in [2.45, 2.75) is 26.3 Å². The highest BCUT2D eigenvalue weighted by atomic mass is 16.5. The number of hydrogen-bond donors (Lipinski definition) is 2. The lowest BCUT2D eigenvalue weighted by molar-refractivity contribution is 0.0674. The van der Waals surface area contributed by atoms with Crippen molar-refractivity contribution in [2.24, 2.45) is 10.7 Å². The Balaban J connectivity index is 1.85. The maximum Gasteiger partial charge on any atom is 0.251 e. The number of carbonyl (C=O) groups is 1. The van der Waals surface area contributed by atoms with Crippen LogP contribution in [-0.2, 0) is 11.3 Å². The molecule has 6 nitrogen and oxygen atoms in total. The van der Waals surface area contributed by atoms with Crippen LogP contribution in [0.1, 0.15) is 35.7 Å². The summed E-state index contributed by atoms with van der Waals surface area (Å²) < 4.78 is 5.29. The predicted molar refractivity (Wildman–Crippen MR) is 91.4 cm³/mol. The van der Waals surface area contributed by atoms with Crippen molar-refractivity contribution in [2.75, 3.05) is 32.8 Å². The molecule has 0 saturated carbocycles. The Morgan fingerprint density at radius 2 is 2.00 bits per heavy atom. The quantitative estimate of drug-likeness (QED) is 0.471. The van der Waals surface area contributed by atoms with Gasteiger partial charge in [-0.1, -0.05) is 25.5 Å². The zero-order valence-corrected chi connectivity index (χ0v) is 13.8. The van der Waals surface area contributed by atoms with Gasteiger partial charge < -0.3 is 20.7 Å². The van der Waals surface area contributed by atoms with Gasteiger partial charge in [-0.15, -0.1) is 0 Å². The summed E-state index contributed by atoms with van der Waals surface area (Å²) in [6, 6.07) is 7.50. The molecule has 0 aromatic heterocycles. The van der Waals surface area contributed by atoms with Crippen molar-refractivity contribution < 1.29 is 9.53 Å². The number of aliphatic imine (C=N–C) groups is 1. The van der Waals surface area contributed by atoms with Gasteiger partial charge in [0.1, 0.15) is 0 Å². The van der Waals surface area contributed by atoms with Crippen LogP contribution in [0.3, 0.4) is 0 Å². The standard InChI is InChI=1S/C17H26N4O2/c1-2-3-8-19-16(22)15-6-4-14(5-7-15)13-20-17(18)21-9-11-23-12-10-21/h4-7H,2-3,8-13H2,1H3,(H2,18,20)(H,19,22). The van der Waals surface area contributed by atoms with Gasteiger partial charge in [0.05, 0.1) is 19.8 Å². The molecule has 1 aromatic carbocycles. The first kappa shape index (κ1) is 17.3. The number of benzene rings is 1. The molecule has 6 heteroatoms. The lowest BCUT2D eigenvalue weighted by Gasteiger charge is -2.27. The van der Waals surface area contributed by atoms with Crippen LogP contribution in [0.2, 0.25) is 0 Å². The number of morpholine rings is 1. The van der Waals surface area contributed by atoms with Gasteiger partial charge in [-0.3, -0.25) is 4.79 Å². The van der Waals surface area contributed by atoms with E-state index in [9.17, 15) is 4.79 Å². The van der Waals surface area contributed by atoms with Gasteiger partial charge in [-0.25, -0.2) is 4.99 Å². The fourth-order valence-corrected chi connectivity index (χ4v) is 2.31. The van der Waals surface area contributed by atoms with Crippen LogP contribution in [0.5, 0.6) is 0 Å². The van der Waals surface area contributed by atoms with E-state index in [4.69, 9.17) is 10.5 Å². The summed E-state index contributed by atoms with van der Waals surface area (Å²) in [4.78, 5) is 18.4. The Hall–Kier alpha value is -2.08. The van der Waals surface area contributed by atoms with E-state index in [-0.39, 0.29) is 5.91 Å². The molecule has 1 saturated heterocycles. The monoisotopic (exact) mass is 318 g/mol. The molecule has 1 aliphatic rings. The first-order valence-electron chi connectivity index (χ1n) is 8.20. The second-order valence-corrected chi connectivity index (χ2v) is 5.58. The van der Waals surface area contributed by atoms with E-state index < -0.39 is 0 Å². The summed E-state index contributed by atoms with van der Waals surface area (Å²) in [5, 5.41) is 2.91. The minimum atomic E-state index is -0.0265. The molecule has 0 atom stereocenters. The third-order valence-electron chi connectivity index (χ3n) is 3.79. The van der Waals surface area contributed by atoms with E-state index in [1.54, 1.807) is 0 Å². The van der Waals surface area contributed by atoms with Crippen LogP contribution < -0.4 is 11.1 Å². The molecular formula is C17H26N4O2. The average Bonchev–Trinajstić information content (AvgIpc) is 2.61. The van der Waals surface area contributed by atoms with Crippen LogP contribution in [0.15, 0.2) is 29.3 Å². The van der Waals surface area contributed by atoms with Gasteiger partial charge in [0.25, 0.3) is 5.91 Å². The van der Waals surface area contributed by atoms with Gasteiger partial charge in [0.15, 0.2) is 5.96 Å². The van der Waals surface area contributed by atoms with Gasteiger partial charge in [0, 0.05) is 25.2 Å². The summed E-state index contributed by atoms with van der Waals surface area (Å²) in [5.74, 6) is 0.524. The van der Waals surface area contributed by atoms with Crippen LogP contribution in [0, 0.1) is 0 Å². The minimum Gasteiger partial charge on any atom is -0.378 e. The second kappa shape index (κ2) is 9.15. The van der Waals surface area contributed by atoms with Crippen molar-refractivity contribution in [1.82, 2.24) is 10.2 Å². The molecule has 1 aromatic rings. The lowest BCUT2D eigenvalue weighted by Crippen LogP contribution is -2.44. The lowest BCUT2D eigenvalue weighted by atomic mass is 10.1. The SMILES string of the molecule is CCCCNC(=O)c1ccc(CN=C(N)N2CCOCC2)cc1. The fraction of sp³-hybridized carbons (Fsp3) is 0.529. The number of nitrogens with zero attached hydrogens (tertiary/aromatic N) is 2. The van der Waals surface area contributed by atoms with Crippen molar-refractivity contribution >= 4 is 11.9 Å². The van der Waals surface area contributed by atoms with Crippen LogP contribution >= 0.6 is 0 Å². The molecule has 0 spiro atoms. The molecule has 2 rings (SSSR count). The summed E-state index contributed by atoms with van der Waals surface area (Å²) in [5.41, 5.74) is 7.71. The largest absolute Gasteiger partial charge is 0.378 e. The van der Waals surface area contributed by atoms with E-state index in [0.717, 1.165) is 38.0 Å². The summed E-state index contributed by atoms with van der Waals surface area (Å²) in [6.07, 6.45) is 2.07. The first-order valence-corrected chi connectivity index (χ1v) is 8.20. The highest BCUT2D eigenvalue weighted by molar-refractivity contribution is 5.94. The van der Waals surface area contributed by atoms with E-state index >= 15 is 0 Å². The average molecular weight is 318 g/mol. The summed E-state index contributed by atoms with van der Waals surface area (Å²) in [7, 11) is 0. The second-order valence-electron chi connectivity index (χ2n) is 5.58. The number of hydrogen-bond acceptors (Lipinski definition) is 3. The van der Waals surface area contributed by atoms with Crippen molar-refractivity contribution in [3.05, 3.63) is 35.4 Å². The third kappa shape index (κ3) is 5.56. The number of nitrogens with one attached hydrogen (secondary N) is 1. The summed E-state index contributed by atoms with van der Waals surface area (Å²) >= 11 is 0. The summed E-state index contributed by atoms with van der Waals surface area (Å²) in [6.45, 7) is 6.29. The number of rotatable bonds is 6. The van der Waals surface area contributed by atoms with Crippen LogP contribution in [0.25, 0.3) is 0 Å². The van der Waals surface area contributed by atoms with Crippen molar-refractivity contribution in [3.8, 4) is 0 Å². The molecule has 126 valence electrons. The Kier molecular flexibility index (Phi) is 6.87. The fourth-order valence-electron chi connectivity index (χ4n) is 2.31. The molecule has 23 heavy (non-hydrogen) atoms. The number of amides is 1. The number of carbonyl (C=O) groups excluding carboxylic acids is 1. The van der Waals surface area contributed by atoms with Gasteiger partial charge in [-0.2, -0.15) is 0 Å². The molecular weight excluding hydrogens is 292 g/mol. The topological polar surface area (TPSA) is 80.0 Å². The molecule has 1 heterocycles.